The molecule has 8 rings (SSSR count). The number of ether oxygens (including phenoxy) is 2. The molecular formula is C41H61BN4O8. The van der Waals surface area contributed by atoms with Crippen molar-refractivity contribution in [3.63, 3.8) is 0 Å². The van der Waals surface area contributed by atoms with Gasteiger partial charge in [0, 0.05) is 19.5 Å². The van der Waals surface area contributed by atoms with E-state index in [9.17, 15) is 19.2 Å². The Morgan fingerprint density at radius 1 is 0.926 bits per heavy atom. The van der Waals surface area contributed by atoms with Crippen LogP contribution in [0.4, 0.5) is 9.59 Å². The smallest absolute Gasteiger partial charge is 0.444 e. The maximum Gasteiger partial charge on any atom is 0.481 e. The molecule has 1 aromatic carbocycles. The molecule has 3 saturated carbocycles. The maximum atomic E-state index is 14.5. The Kier molecular flexibility index (Phi) is 11.0. The fourth-order valence-electron chi connectivity index (χ4n) is 10.2. The van der Waals surface area contributed by atoms with E-state index in [0.29, 0.717) is 37.8 Å². The summed E-state index contributed by atoms with van der Waals surface area (Å²) in [7, 11) is -0.601. The van der Waals surface area contributed by atoms with E-state index in [4.69, 9.17) is 18.8 Å². The lowest BCUT2D eigenvalue weighted by atomic mass is 9.43. The Hall–Kier alpha value is -3.32. The molecule has 7 aliphatic rings. The predicted octanol–water partition coefficient (Wildman–Crippen LogP) is 6.28. The second kappa shape index (κ2) is 15.3. The van der Waals surface area contributed by atoms with Crippen LogP contribution < -0.4 is 10.6 Å². The monoisotopic (exact) mass is 748 g/mol. The number of hydrogen-bond donors (Lipinski definition) is 2. The van der Waals surface area contributed by atoms with E-state index in [0.717, 1.165) is 68.9 Å². The van der Waals surface area contributed by atoms with Gasteiger partial charge in [-0.3, -0.25) is 14.5 Å². The van der Waals surface area contributed by atoms with Gasteiger partial charge in [0.1, 0.15) is 23.8 Å². The zero-order valence-corrected chi connectivity index (χ0v) is 33.2. The standard InChI is InChI=1S/C41H61BN4O8/c1-39(2,3)52-37(49)43-30-18-12-10-8-7-9-11-13-19-34(42-53-33-21-28-20-32(40(28,4)5)41(33,6)54-42)44-35(47)31-22-29(25-46(31)36(30)48)51-38(50)45-23-26-16-14-15-17-27(26)24-45/h14-17,28-34H,7-13,18-25H2,1-6H3,(H,43,49)(H,44,47)/t28?,29-,30+,31+,32?,33?,34+,41?/m1/s1. The quantitative estimate of drug-likeness (QED) is 0.345. The van der Waals surface area contributed by atoms with Gasteiger partial charge >= 0.3 is 19.3 Å². The lowest BCUT2D eigenvalue weighted by Crippen LogP contribution is -2.65. The molecule has 4 heterocycles. The van der Waals surface area contributed by atoms with Crippen molar-refractivity contribution in [2.45, 2.75) is 173 Å². The third-order valence-electron chi connectivity index (χ3n) is 13.3. The van der Waals surface area contributed by atoms with Gasteiger partial charge in [0.15, 0.2) is 0 Å². The number of carbonyl (C=O) groups excluding carboxylic acids is 4. The molecule has 3 saturated heterocycles. The predicted molar refractivity (Wildman–Crippen MR) is 203 cm³/mol. The van der Waals surface area contributed by atoms with Crippen molar-refractivity contribution in [3.8, 4) is 0 Å². The zero-order valence-electron chi connectivity index (χ0n) is 33.2. The van der Waals surface area contributed by atoms with Crippen LogP contribution in [0.5, 0.6) is 0 Å². The van der Waals surface area contributed by atoms with Crippen LogP contribution in [0.1, 0.15) is 130 Å². The van der Waals surface area contributed by atoms with Crippen molar-refractivity contribution in [2.24, 2.45) is 17.3 Å². The third kappa shape index (κ3) is 7.99. The van der Waals surface area contributed by atoms with E-state index in [1.807, 2.05) is 24.3 Å². The van der Waals surface area contributed by atoms with Crippen LogP contribution in [0.3, 0.4) is 0 Å². The molecule has 2 N–H and O–H groups in total. The highest BCUT2D eigenvalue weighted by molar-refractivity contribution is 6.48. The van der Waals surface area contributed by atoms with Crippen LogP contribution in [0, 0.1) is 17.3 Å². The zero-order chi connectivity index (χ0) is 38.4. The summed E-state index contributed by atoms with van der Waals surface area (Å²) >= 11 is 0. The molecular weight excluding hydrogens is 687 g/mol. The van der Waals surface area contributed by atoms with Crippen molar-refractivity contribution in [1.82, 2.24) is 20.4 Å². The van der Waals surface area contributed by atoms with Crippen molar-refractivity contribution in [2.75, 3.05) is 6.54 Å². The lowest BCUT2D eigenvalue weighted by molar-refractivity contribution is -0.199. The molecule has 4 unspecified atom stereocenters. The van der Waals surface area contributed by atoms with Gasteiger partial charge in [-0.2, -0.15) is 0 Å². The van der Waals surface area contributed by atoms with Gasteiger partial charge in [0.25, 0.3) is 0 Å². The Morgan fingerprint density at radius 3 is 2.22 bits per heavy atom. The van der Waals surface area contributed by atoms with E-state index in [1.165, 1.54) is 4.90 Å². The van der Waals surface area contributed by atoms with Crippen molar-refractivity contribution >= 4 is 31.1 Å². The number of nitrogens with one attached hydrogen (secondary N) is 2. The van der Waals surface area contributed by atoms with Gasteiger partial charge in [0.2, 0.25) is 11.8 Å². The van der Waals surface area contributed by atoms with Gasteiger partial charge in [-0.05, 0) is 81.8 Å². The van der Waals surface area contributed by atoms with Crippen LogP contribution in [-0.2, 0) is 41.5 Å². The summed E-state index contributed by atoms with van der Waals surface area (Å²) in [5.74, 6) is -0.141. The molecule has 4 aliphatic heterocycles. The summed E-state index contributed by atoms with van der Waals surface area (Å²) in [4.78, 5) is 58.8. The molecule has 0 spiro atoms. The number of rotatable bonds is 3. The van der Waals surface area contributed by atoms with Gasteiger partial charge in [-0.25, -0.2) is 9.59 Å². The Labute approximate surface area is 321 Å². The van der Waals surface area contributed by atoms with E-state index in [-0.39, 0.29) is 36.3 Å². The first kappa shape index (κ1) is 38.9. The molecule has 3 aliphatic carbocycles. The SMILES string of the molecule is CC(C)(C)OC(=O)N[C@H]1CCCCCCCCC[C@@H](B2OC3CC4CC(C4(C)C)C3(C)O2)NC(=O)[C@@H]2C[C@@H](OC(=O)N3Cc4ccccc4C3)CN2C1=O. The Balaban J connectivity index is 1.12. The number of hydrogen-bond acceptors (Lipinski definition) is 8. The molecule has 1 aromatic rings. The normalized spacial score (nSPS) is 34.3. The molecule has 6 fully saturated rings. The van der Waals surface area contributed by atoms with Crippen molar-refractivity contribution < 1.29 is 38.0 Å². The molecule has 296 valence electrons. The fraction of sp³-hybridized carbons (Fsp3) is 0.756. The molecule has 12 nitrogen and oxygen atoms in total. The van der Waals surface area contributed by atoms with Crippen molar-refractivity contribution in [3.05, 3.63) is 35.4 Å². The van der Waals surface area contributed by atoms with Gasteiger partial charge < -0.3 is 34.3 Å². The van der Waals surface area contributed by atoms with E-state index >= 15 is 0 Å². The van der Waals surface area contributed by atoms with Crippen LogP contribution in [-0.4, -0.2) is 88.9 Å². The molecule has 0 radical (unpaired) electrons. The summed E-state index contributed by atoms with van der Waals surface area (Å²) in [6.45, 7) is 13.1. The molecule has 54 heavy (non-hydrogen) atoms. The minimum absolute atomic E-state index is 0.0266. The van der Waals surface area contributed by atoms with E-state index in [2.05, 4.69) is 31.4 Å². The molecule has 4 amide bonds. The van der Waals surface area contributed by atoms with Gasteiger partial charge in [-0.1, -0.05) is 83.1 Å². The highest BCUT2D eigenvalue weighted by Gasteiger charge is 2.68. The van der Waals surface area contributed by atoms with Crippen LogP contribution in [0.15, 0.2) is 24.3 Å². The number of nitrogens with zero attached hydrogens (tertiary/aromatic N) is 2. The second-order valence-corrected chi connectivity index (χ2v) is 18.6. The third-order valence-corrected chi connectivity index (χ3v) is 13.3. The second-order valence-electron chi connectivity index (χ2n) is 18.6. The van der Waals surface area contributed by atoms with E-state index in [1.54, 1.807) is 25.7 Å². The molecule has 2 bridgehead atoms. The van der Waals surface area contributed by atoms with Crippen LogP contribution in [0.25, 0.3) is 0 Å². The number of benzene rings is 1. The Bertz CT molecular complexity index is 1560. The first-order valence-corrected chi connectivity index (χ1v) is 20.6. The average Bonchev–Trinajstić information content (AvgIpc) is 3.83. The number of carbonyl (C=O) groups is 4. The summed E-state index contributed by atoms with van der Waals surface area (Å²) < 4.78 is 25.2. The van der Waals surface area contributed by atoms with Crippen LogP contribution >= 0.6 is 0 Å². The van der Waals surface area contributed by atoms with Crippen LogP contribution in [0.2, 0.25) is 0 Å². The summed E-state index contributed by atoms with van der Waals surface area (Å²) in [5, 5.41) is 6.12. The summed E-state index contributed by atoms with van der Waals surface area (Å²) in [6, 6.07) is 6.10. The van der Waals surface area contributed by atoms with Gasteiger partial charge in [-0.15, -0.1) is 0 Å². The largest absolute Gasteiger partial charge is 0.481 e. The van der Waals surface area contributed by atoms with Crippen molar-refractivity contribution in [1.29, 1.82) is 0 Å². The minimum atomic E-state index is -0.921. The first-order chi connectivity index (χ1) is 25.6. The molecule has 8 atom stereocenters. The molecule has 0 aromatic heterocycles. The highest BCUT2D eigenvalue weighted by Crippen LogP contribution is 2.65. The number of alkyl carbamates (subject to hydrolysis) is 1. The maximum absolute atomic E-state index is 14.5. The average molecular weight is 749 g/mol. The summed E-state index contributed by atoms with van der Waals surface area (Å²) in [6.07, 6.45) is 8.22. The van der Waals surface area contributed by atoms with Gasteiger partial charge in [0.05, 0.1) is 24.2 Å². The first-order valence-electron chi connectivity index (χ1n) is 20.6. The molecule has 13 heteroatoms. The topological polar surface area (TPSA) is 136 Å². The minimum Gasteiger partial charge on any atom is -0.444 e. The number of fused-ring (bicyclic) bond motifs is 2. The van der Waals surface area contributed by atoms with E-state index < -0.39 is 54.6 Å². The lowest BCUT2D eigenvalue weighted by Gasteiger charge is -2.64. The highest BCUT2D eigenvalue weighted by atomic mass is 16.7. The Morgan fingerprint density at radius 2 is 1.57 bits per heavy atom. The number of amides is 4. The fourth-order valence-corrected chi connectivity index (χ4v) is 10.2. The summed E-state index contributed by atoms with van der Waals surface area (Å²) in [5.41, 5.74) is 1.17.